The average molecular weight is 312 g/mol. The van der Waals surface area contributed by atoms with E-state index in [1.54, 1.807) is 11.2 Å². The largest absolute Gasteiger partial charge is 0.467 e. The fourth-order valence-electron chi connectivity index (χ4n) is 2.87. The zero-order chi connectivity index (χ0) is 16.2. The molecule has 4 nitrogen and oxygen atoms in total. The molecule has 1 aromatic carbocycles. The van der Waals surface area contributed by atoms with Gasteiger partial charge in [0.15, 0.2) is 0 Å². The van der Waals surface area contributed by atoms with Gasteiger partial charge in [-0.25, -0.2) is 0 Å². The van der Waals surface area contributed by atoms with Gasteiger partial charge in [0.05, 0.1) is 19.4 Å². The molecule has 122 valence electrons. The van der Waals surface area contributed by atoms with Crippen LogP contribution in [0, 0.1) is 5.92 Å². The van der Waals surface area contributed by atoms with Gasteiger partial charge >= 0.3 is 0 Å². The number of carbonyl (C=O) groups is 1. The van der Waals surface area contributed by atoms with Crippen LogP contribution in [-0.2, 0) is 11.3 Å². The van der Waals surface area contributed by atoms with Crippen LogP contribution in [0.4, 0.5) is 5.69 Å². The Hall–Kier alpha value is -2.07. The number of nitrogens with zero attached hydrogens (tertiary/aromatic N) is 2. The Morgan fingerprint density at radius 2 is 1.96 bits per heavy atom. The molecular formula is C19H24N2O2. The summed E-state index contributed by atoms with van der Waals surface area (Å²) in [5.41, 5.74) is 0.904. The zero-order valence-electron chi connectivity index (χ0n) is 13.8. The van der Waals surface area contributed by atoms with Gasteiger partial charge in [-0.15, -0.1) is 0 Å². The normalized spacial score (nSPS) is 15.6. The third-order valence-electron chi connectivity index (χ3n) is 4.65. The summed E-state index contributed by atoms with van der Waals surface area (Å²) in [6, 6.07) is 14.0. The van der Waals surface area contributed by atoms with Crippen molar-refractivity contribution >= 4 is 11.6 Å². The molecule has 0 saturated heterocycles. The van der Waals surface area contributed by atoms with Crippen molar-refractivity contribution in [2.24, 2.45) is 5.92 Å². The first kappa shape index (κ1) is 15.8. The number of carbonyl (C=O) groups excluding carboxylic acids is 1. The highest BCUT2D eigenvalue weighted by atomic mass is 16.3. The first-order valence-corrected chi connectivity index (χ1v) is 8.23. The maximum absolute atomic E-state index is 12.9. The number of para-hydroxylation sites is 1. The summed E-state index contributed by atoms with van der Waals surface area (Å²) < 4.78 is 5.43. The fraction of sp³-hybridized carbons (Fsp3) is 0.421. The molecule has 2 aromatic rings. The Balaban J connectivity index is 1.72. The van der Waals surface area contributed by atoms with Crippen molar-refractivity contribution in [2.75, 3.05) is 18.5 Å². The molecule has 0 spiro atoms. The van der Waals surface area contributed by atoms with Crippen LogP contribution in [-0.4, -0.2) is 30.4 Å². The second-order valence-electron chi connectivity index (χ2n) is 6.39. The molecule has 1 fully saturated rings. The van der Waals surface area contributed by atoms with Gasteiger partial charge in [-0.2, -0.15) is 0 Å². The van der Waals surface area contributed by atoms with Crippen LogP contribution in [0.2, 0.25) is 0 Å². The molecule has 1 amide bonds. The maximum Gasteiger partial charge on any atom is 0.241 e. The predicted octanol–water partition coefficient (Wildman–Crippen LogP) is 3.54. The number of benzene rings is 1. The lowest BCUT2D eigenvalue weighted by Gasteiger charge is -2.28. The average Bonchev–Trinajstić information content (AvgIpc) is 3.29. The third kappa shape index (κ3) is 4.02. The maximum atomic E-state index is 12.9. The van der Waals surface area contributed by atoms with Crippen molar-refractivity contribution in [3.63, 3.8) is 0 Å². The molecule has 1 aromatic heterocycles. The number of hydrogen-bond donors (Lipinski definition) is 0. The van der Waals surface area contributed by atoms with Gasteiger partial charge in [0.2, 0.25) is 5.91 Å². The first-order chi connectivity index (χ1) is 11.1. The third-order valence-corrected chi connectivity index (χ3v) is 4.65. The van der Waals surface area contributed by atoms with Gasteiger partial charge in [-0.3, -0.25) is 9.69 Å². The Morgan fingerprint density at radius 1 is 1.22 bits per heavy atom. The van der Waals surface area contributed by atoms with E-state index >= 15 is 0 Å². The minimum absolute atomic E-state index is 0.0996. The number of amides is 1. The lowest BCUT2D eigenvalue weighted by atomic mass is 10.2. The van der Waals surface area contributed by atoms with Gasteiger partial charge in [-0.05, 0) is 57.0 Å². The monoisotopic (exact) mass is 312 g/mol. The summed E-state index contributed by atoms with van der Waals surface area (Å²) in [5, 5.41) is 0. The molecule has 23 heavy (non-hydrogen) atoms. The van der Waals surface area contributed by atoms with Crippen LogP contribution < -0.4 is 4.90 Å². The fourth-order valence-corrected chi connectivity index (χ4v) is 2.87. The Bertz CT molecular complexity index is 620. The van der Waals surface area contributed by atoms with E-state index in [1.165, 1.54) is 12.8 Å². The number of rotatable bonds is 7. The van der Waals surface area contributed by atoms with Crippen molar-refractivity contribution in [3.05, 3.63) is 54.5 Å². The minimum Gasteiger partial charge on any atom is -0.467 e. The van der Waals surface area contributed by atoms with E-state index in [9.17, 15) is 4.79 Å². The van der Waals surface area contributed by atoms with Gasteiger partial charge in [-0.1, -0.05) is 18.2 Å². The molecule has 1 unspecified atom stereocenters. The molecule has 0 bridgehead atoms. The SMILES string of the molecule is CC(C1CC1)N(C)CC(=O)N(Cc1ccco1)c1ccccc1. The minimum atomic E-state index is 0.0996. The quantitative estimate of drug-likeness (QED) is 0.784. The predicted molar refractivity (Wildman–Crippen MR) is 91.2 cm³/mol. The first-order valence-electron chi connectivity index (χ1n) is 8.23. The van der Waals surface area contributed by atoms with Gasteiger partial charge in [0.25, 0.3) is 0 Å². The molecule has 0 N–H and O–H groups in total. The highest BCUT2D eigenvalue weighted by Gasteiger charge is 2.31. The van der Waals surface area contributed by atoms with Crippen LogP contribution in [0.1, 0.15) is 25.5 Å². The summed E-state index contributed by atoms with van der Waals surface area (Å²) in [4.78, 5) is 16.8. The molecule has 4 heteroatoms. The van der Waals surface area contributed by atoms with Crippen LogP contribution in [0.25, 0.3) is 0 Å². The van der Waals surface area contributed by atoms with Crippen LogP contribution >= 0.6 is 0 Å². The molecular weight excluding hydrogens is 288 g/mol. The van der Waals surface area contributed by atoms with Crippen molar-refractivity contribution < 1.29 is 9.21 Å². The number of hydrogen-bond acceptors (Lipinski definition) is 3. The second kappa shape index (κ2) is 7.01. The summed E-state index contributed by atoms with van der Waals surface area (Å²) in [5.74, 6) is 1.64. The van der Waals surface area contributed by atoms with Crippen molar-refractivity contribution in [3.8, 4) is 0 Å². The molecule has 1 saturated carbocycles. The summed E-state index contributed by atoms with van der Waals surface area (Å²) >= 11 is 0. The Labute approximate surface area is 137 Å². The van der Waals surface area contributed by atoms with Crippen LogP contribution in [0.3, 0.4) is 0 Å². The van der Waals surface area contributed by atoms with Gasteiger partial charge < -0.3 is 9.32 Å². The van der Waals surface area contributed by atoms with Gasteiger partial charge in [0, 0.05) is 11.7 Å². The van der Waals surface area contributed by atoms with Crippen LogP contribution in [0.5, 0.6) is 0 Å². The molecule has 0 radical (unpaired) electrons. The molecule has 3 rings (SSSR count). The lowest BCUT2D eigenvalue weighted by molar-refractivity contribution is -0.120. The van der Waals surface area contributed by atoms with E-state index < -0.39 is 0 Å². The van der Waals surface area contributed by atoms with E-state index in [1.807, 2.05) is 49.5 Å². The van der Waals surface area contributed by atoms with Gasteiger partial charge in [0.1, 0.15) is 5.76 Å². The van der Waals surface area contributed by atoms with Crippen molar-refractivity contribution in [2.45, 2.75) is 32.4 Å². The van der Waals surface area contributed by atoms with E-state index in [4.69, 9.17) is 4.42 Å². The Kier molecular flexibility index (Phi) is 4.82. The van der Waals surface area contributed by atoms with E-state index in [-0.39, 0.29) is 5.91 Å². The molecule has 1 atom stereocenters. The standard InChI is InChI=1S/C19H24N2O2/c1-15(16-10-11-16)20(2)14-19(22)21(13-18-9-6-12-23-18)17-7-4-3-5-8-17/h3-9,12,15-16H,10-11,13-14H2,1-2H3. The van der Waals surface area contributed by atoms with E-state index in [2.05, 4.69) is 11.8 Å². The number of furan rings is 1. The van der Waals surface area contributed by atoms with E-state index in [0.717, 1.165) is 17.4 Å². The topological polar surface area (TPSA) is 36.7 Å². The molecule has 0 aliphatic heterocycles. The highest BCUT2D eigenvalue weighted by molar-refractivity contribution is 5.94. The lowest BCUT2D eigenvalue weighted by Crippen LogP contribution is -2.42. The number of likely N-dealkylation sites (N-methyl/N-ethyl adjacent to an activating group) is 1. The van der Waals surface area contributed by atoms with E-state index in [0.29, 0.717) is 19.1 Å². The van der Waals surface area contributed by atoms with Crippen molar-refractivity contribution in [1.29, 1.82) is 0 Å². The molecule has 1 aliphatic carbocycles. The summed E-state index contributed by atoms with van der Waals surface area (Å²) in [6.07, 6.45) is 4.22. The zero-order valence-corrected chi connectivity index (χ0v) is 13.8. The highest BCUT2D eigenvalue weighted by Crippen LogP contribution is 2.34. The molecule has 1 aliphatic rings. The van der Waals surface area contributed by atoms with Crippen molar-refractivity contribution in [1.82, 2.24) is 4.90 Å². The summed E-state index contributed by atoms with van der Waals surface area (Å²) in [6.45, 7) is 3.10. The summed E-state index contributed by atoms with van der Waals surface area (Å²) in [7, 11) is 2.04. The van der Waals surface area contributed by atoms with Crippen LogP contribution in [0.15, 0.2) is 53.1 Å². The smallest absolute Gasteiger partial charge is 0.241 e. The Morgan fingerprint density at radius 3 is 2.57 bits per heavy atom. The number of anilines is 1. The second-order valence-corrected chi connectivity index (χ2v) is 6.39. The molecule has 1 heterocycles.